The van der Waals surface area contributed by atoms with E-state index in [0.717, 1.165) is 16.9 Å². The first-order valence-electron chi connectivity index (χ1n) is 8.60. The van der Waals surface area contributed by atoms with Crippen LogP contribution in [0.4, 0.5) is 0 Å². The van der Waals surface area contributed by atoms with Gasteiger partial charge in [0.05, 0.1) is 17.7 Å². The molecule has 0 amide bonds. The van der Waals surface area contributed by atoms with E-state index < -0.39 is 5.97 Å². The van der Waals surface area contributed by atoms with E-state index in [1.807, 2.05) is 35.9 Å². The molecule has 27 heavy (non-hydrogen) atoms. The summed E-state index contributed by atoms with van der Waals surface area (Å²) < 4.78 is 7.02. The van der Waals surface area contributed by atoms with Gasteiger partial charge in [-0.1, -0.05) is 6.07 Å². The van der Waals surface area contributed by atoms with Crippen LogP contribution < -0.4 is 5.56 Å². The third kappa shape index (κ3) is 3.02. The largest absolute Gasteiger partial charge is 0.462 e. The van der Waals surface area contributed by atoms with Gasteiger partial charge in [-0.3, -0.25) is 4.79 Å². The van der Waals surface area contributed by atoms with Crippen LogP contribution in [0.25, 0.3) is 15.9 Å². The predicted molar refractivity (Wildman–Crippen MR) is 104 cm³/mol. The number of esters is 1. The highest BCUT2D eigenvalue weighted by Gasteiger charge is 2.20. The number of hydrogen-bond donors (Lipinski definition) is 1. The van der Waals surface area contributed by atoms with E-state index in [1.165, 1.54) is 11.3 Å². The molecular formula is C19H18N4O3S. The molecule has 0 radical (unpaired) electrons. The third-order valence-electron chi connectivity index (χ3n) is 4.39. The van der Waals surface area contributed by atoms with Crippen molar-refractivity contribution < 1.29 is 9.53 Å². The summed E-state index contributed by atoms with van der Waals surface area (Å²) >= 11 is 1.19. The fourth-order valence-electron chi connectivity index (χ4n) is 3.12. The molecule has 138 valence electrons. The van der Waals surface area contributed by atoms with E-state index in [2.05, 4.69) is 15.0 Å². The summed E-state index contributed by atoms with van der Waals surface area (Å²) in [4.78, 5) is 37.6. The smallest absolute Gasteiger partial charge is 0.348 e. The number of pyridine rings is 1. The van der Waals surface area contributed by atoms with Crippen molar-refractivity contribution in [3.05, 3.63) is 62.4 Å². The Hall–Kier alpha value is -3.00. The van der Waals surface area contributed by atoms with Gasteiger partial charge in [0.1, 0.15) is 21.2 Å². The zero-order valence-corrected chi connectivity index (χ0v) is 16.0. The molecule has 0 aromatic carbocycles. The zero-order chi connectivity index (χ0) is 19.1. The van der Waals surface area contributed by atoms with Crippen LogP contribution >= 0.6 is 11.3 Å². The number of rotatable bonds is 4. The van der Waals surface area contributed by atoms with Gasteiger partial charge < -0.3 is 14.1 Å². The highest BCUT2D eigenvalue weighted by Crippen LogP contribution is 2.27. The molecule has 0 unspecified atom stereocenters. The number of fused-ring (bicyclic) bond motifs is 2. The summed E-state index contributed by atoms with van der Waals surface area (Å²) in [5.41, 5.74) is 3.13. The first kappa shape index (κ1) is 17.4. The second kappa shape index (κ2) is 6.62. The first-order chi connectivity index (χ1) is 13.0. The van der Waals surface area contributed by atoms with Crippen molar-refractivity contribution in [3.63, 3.8) is 0 Å². The highest BCUT2D eigenvalue weighted by atomic mass is 32.1. The topological polar surface area (TPSA) is 89.3 Å². The quantitative estimate of drug-likeness (QED) is 0.548. The molecule has 8 heteroatoms. The van der Waals surface area contributed by atoms with E-state index >= 15 is 0 Å². The van der Waals surface area contributed by atoms with Crippen LogP contribution in [0.1, 0.15) is 39.2 Å². The van der Waals surface area contributed by atoms with Crippen LogP contribution in [0.5, 0.6) is 0 Å². The van der Waals surface area contributed by atoms with Gasteiger partial charge in [-0.05, 0) is 38.0 Å². The van der Waals surface area contributed by atoms with Gasteiger partial charge in [-0.2, -0.15) is 0 Å². The Kier molecular flexibility index (Phi) is 4.27. The molecule has 0 saturated heterocycles. The number of ether oxygens (including phenoxy) is 1. The number of nitrogens with one attached hydrogen (secondary N) is 1. The highest BCUT2D eigenvalue weighted by molar-refractivity contribution is 7.20. The van der Waals surface area contributed by atoms with Crippen molar-refractivity contribution in [3.8, 4) is 0 Å². The summed E-state index contributed by atoms with van der Waals surface area (Å²) in [5, 5.41) is 0.442. The third-order valence-corrected chi connectivity index (χ3v) is 5.55. The van der Waals surface area contributed by atoms with Gasteiger partial charge in [0.25, 0.3) is 5.56 Å². The first-order valence-corrected chi connectivity index (χ1v) is 9.42. The standard InChI is InChI=1S/C19H18N4O3S/c1-4-26-19(25)15-11(3)14-17(24)21-13(22-18(14)27-15)8-12-9-23-7-5-6-10(2)16(23)20-12/h5-7,9H,4,8H2,1-3H3,(H,21,22,24). The van der Waals surface area contributed by atoms with Crippen molar-refractivity contribution >= 4 is 33.2 Å². The Morgan fingerprint density at radius 1 is 1.33 bits per heavy atom. The lowest BCUT2D eigenvalue weighted by Gasteiger charge is -1.99. The Morgan fingerprint density at radius 3 is 2.89 bits per heavy atom. The fourth-order valence-corrected chi connectivity index (χ4v) is 4.22. The number of aryl methyl sites for hydroxylation is 2. The summed E-state index contributed by atoms with van der Waals surface area (Å²) in [5.74, 6) is 0.0972. The monoisotopic (exact) mass is 382 g/mol. The van der Waals surface area contributed by atoms with Crippen molar-refractivity contribution in [1.29, 1.82) is 0 Å². The molecule has 0 aliphatic rings. The van der Waals surface area contributed by atoms with Crippen LogP contribution in [0, 0.1) is 13.8 Å². The summed E-state index contributed by atoms with van der Waals surface area (Å²) in [6, 6.07) is 3.97. The van der Waals surface area contributed by atoms with Crippen molar-refractivity contribution in [2.75, 3.05) is 6.61 Å². The SMILES string of the molecule is CCOC(=O)c1sc2nc(Cc3cn4cccc(C)c4n3)[nH]c(=O)c2c1C. The molecule has 0 aliphatic heterocycles. The molecule has 0 aliphatic carbocycles. The minimum Gasteiger partial charge on any atom is -0.462 e. The molecule has 0 atom stereocenters. The van der Waals surface area contributed by atoms with Crippen LogP contribution in [-0.2, 0) is 11.2 Å². The molecule has 0 saturated carbocycles. The molecule has 0 fully saturated rings. The zero-order valence-electron chi connectivity index (χ0n) is 15.2. The van der Waals surface area contributed by atoms with E-state index in [1.54, 1.807) is 13.8 Å². The lowest BCUT2D eigenvalue weighted by molar-refractivity contribution is 0.0531. The van der Waals surface area contributed by atoms with Crippen LogP contribution in [0.2, 0.25) is 0 Å². The number of H-pyrrole nitrogens is 1. The number of nitrogens with zero attached hydrogens (tertiary/aromatic N) is 3. The number of hydrogen-bond acceptors (Lipinski definition) is 6. The minimum atomic E-state index is -0.422. The van der Waals surface area contributed by atoms with Crippen LogP contribution in [-0.4, -0.2) is 31.9 Å². The Balaban J connectivity index is 1.75. The maximum atomic E-state index is 12.6. The number of aromatic amines is 1. The average Bonchev–Trinajstić information content (AvgIpc) is 3.17. The van der Waals surface area contributed by atoms with E-state index in [9.17, 15) is 9.59 Å². The minimum absolute atomic E-state index is 0.251. The lowest BCUT2D eigenvalue weighted by Crippen LogP contribution is -2.12. The molecule has 0 spiro atoms. The van der Waals surface area contributed by atoms with E-state index in [4.69, 9.17) is 4.74 Å². The second-order valence-electron chi connectivity index (χ2n) is 6.30. The second-order valence-corrected chi connectivity index (χ2v) is 7.30. The average molecular weight is 382 g/mol. The van der Waals surface area contributed by atoms with Gasteiger partial charge in [-0.25, -0.2) is 14.8 Å². The summed E-state index contributed by atoms with van der Waals surface area (Å²) in [6.45, 7) is 5.78. The van der Waals surface area contributed by atoms with Gasteiger partial charge >= 0.3 is 5.97 Å². The predicted octanol–water partition coefficient (Wildman–Crippen LogP) is 3.02. The Morgan fingerprint density at radius 2 is 2.15 bits per heavy atom. The van der Waals surface area contributed by atoms with Gasteiger partial charge in [0.2, 0.25) is 0 Å². The number of carbonyl (C=O) groups excluding carboxylic acids is 1. The molecule has 7 nitrogen and oxygen atoms in total. The fraction of sp³-hybridized carbons (Fsp3) is 0.263. The molecule has 4 aromatic rings. The maximum absolute atomic E-state index is 12.6. The molecule has 4 aromatic heterocycles. The Labute approximate surface area is 158 Å². The van der Waals surface area contributed by atoms with Crippen LogP contribution in [0.15, 0.2) is 29.3 Å². The number of thiophene rings is 1. The van der Waals surface area contributed by atoms with Gasteiger partial charge in [-0.15, -0.1) is 11.3 Å². The molecule has 4 rings (SSSR count). The van der Waals surface area contributed by atoms with Gasteiger partial charge in [0.15, 0.2) is 0 Å². The number of imidazole rings is 1. The van der Waals surface area contributed by atoms with Crippen LogP contribution in [0.3, 0.4) is 0 Å². The number of aromatic nitrogens is 4. The molecule has 1 N–H and O–H groups in total. The van der Waals surface area contributed by atoms with Crippen molar-refractivity contribution in [1.82, 2.24) is 19.4 Å². The Bertz CT molecular complexity index is 1240. The lowest BCUT2D eigenvalue weighted by atomic mass is 10.2. The summed E-state index contributed by atoms with van der Waals surface area (Å²) in [7, 11) is 0. The van der Waals surface area contributed by atoms with Gasteiger partial charge in [0, 0.05) is 18.8 Å². The molecule has 4 heterocycles. The van der Waals surface area contributed by atoms with E-state index in [-0.39, 0.29) is 12.2 Å². The maximum Gasteiger partial charge on any atom is 0.348 e. The van der Waals surface area contributed by atoms with Crippen molar-refractivity contribution in [2.45, 2.75) is 27.2 Å². The van der Waals surface area contributed by atoms with E-state index in [0.29, 0.717) is 32.9 Å². The molecule has 0 bridgehead atoms. The number of carbonyl (C=O) groups is 1. The van der Waals surface area contributed by atoms with Crippen molar-refractivity contribution in [2.24, 2.45) is 0 Å². The normalized spacial score (nSPS) is 11.4. The summed E-state index contributed by atoms with van der Waals surface area (Å²) in [6.07, 6.45) is 4.26. The molecular weight excluding hydrogens is 364 g/mol.